The molecule has 1 aromatic heterocycles. The maximum absolute atomic E-state index is 11.9. The zero-order chi connectivity index (χ0) is 14.4. The van der Waals surface area contributed by atoms with Crippen molar-refractivity contribution in [1.29, 1.82) is 0 Å². The Morgan fingerprint density at radius 2 is 2.20 bits per heavy atom. The maximum atomic E-state index is 11.9. The van der Waals surface area contributed by atoms with Gasteiger partial charge in [0.25, 0.3) is 0 Å². The molecule has 0 aliphatic heterocycles. The van der Waals surface area contributed by atoms with Crippen molar-refractivity contribution in [2.75, 3.05) is 5.32 Å². The number of aryl methyl sites for hydroxylation is 1. The normalized spacial score (nSPS) is 10.2. The van der Waals surface area contributed by atoms with E-state index in [1.54, 1.807) is 23.1 Å². The lowest BCUT2D eigenvalue weighted by atomic mass is 10.1. The summed E-state index contributed by atoms with van der Waals surface area (Å²) in [6, 6.07) is 7.22. The second kappa shape index (κ2) is 6.76. The van der Waals surface area contributed by atoms with Gasteiger partial charge in [-0.15, -0.1) is 0 Å². The minimum Gasteiger partial charge on any atom is -0.389 e. The fraction of sp³-hybridized carbons (Fsp3) is 0.231. The molecule has 0 radical (unpaired) electrons. The van der Waals surface area contributed by atoms with Gasteiger partial charge in [-0.2, -0.15) is 5.10 Å². The average molecular weight is 289 g/mol. The number of thiocarbonyl (C=S) groups is 1. The van der Waals surface area contributed by atoms with Crippen molar-refractivity contribution in [3.05, 3.63) is 42.5 Å². The van der Waals surface area contributed by atoms with E-state index in [2.05, 4.69) is 15.4 Å². The summed E-state index contributed by atoms with van der Waals surface area (Å²) in [6.07, 6.45) is 4.18. The summed E-state index contributed by atoms with van der Waals surface area (Å²) < 4.78 is 1.69. The van der Waals surface area contributed by atoms with Gasteiger partial charge in [0.05, 0.1) is 5.69 Å². The minimum absolute atomic E-state index is 0.0752. The van der Waals surface area contributed by atoms with Crippen LogP contribution >= 0.6 is 12.2 Å². The number of nitrogens with zero attached hydrogens (tertiary/aromatic N) is 3. The smallest absolute Gasteiger partial charge is 0.224 e. The van der Waals surface area contributed by atoms with E-state index < -0.39 is 0 Å². The largest absolute Gasteiger partial charge is 0.389 e. The lowest BCUT2D eigenvalue weighted by Gasteiger charge is -2.09. The number of rotatable bonds is 6. The number of nitrogens with one attached hydrogen (secondary N) is 1. The van der Waals surface area contributed by atoms with Crippen LogP contribution in [0.4, 0.5) is 5.69 Å². The van der Waals surface area contributed by atoms with E-state index in [1.807, 2.05) is 12.1 Å². The van der Waals surface area contributed by atoms with E-state index in [1.165, 1.54) is 6.33 Å². The molecule has 1 aromatic carbocycles. The third-order valence-corrected chi connectivity index (χ3v) is 2.94. The molecule has 0 fully saturated rings. The first kappa shape index (κ1) is 14.1. The van der Waals surface area contributed by atoms with Gasteiger partial charge in [-0.05, 0) is 18.6 Å². The number of benzene rings is 1. The van der Waals surface area contributed by atoms with Crippen molar-refractivity contribution in [2.45, 2.75) is 19.4 Å². The summed E-state index contributed by atoms with van der Waals surface area (Å²) in [7, 11) is 0. The first-order chi connectivity index (χ1) is 9.66. The minimum atomic E-state index is -0.0752. The number of carbonyl (C=O) groups excluding carboxylic acids is 1. The van der Waals surface area contributed by atoms with Crippen LogP contribution in [0, 0.1) is 0 Å². The van der Waals surface area contributed by atoms with Crippen LogP contribution in [0.2, 0.25) is 0 Å². The molecule has 0 atom stereocenters. The maximum Gasteiger partial charge on any atom is 0.224 e. The highest BCUT2D eigenvalue weighted by atomic mass is 32.1. The van der Waals surface area contributed by atoms with Crippen LogP contribution in [0.25, 0.3) is 0 Å². The highest BCUT2D eigenvalue weighted by molar-refractivity contribution is 7.80. The van der Waals surface area contributed by atoms with E-state index in [4.69, 9.17) is 18.0 Å². The van der Waals surface area contributed by atoms with Crippen LogP contribution in [0.15, 0.2) is 36.9 Å². The number of para-hydroxylation sites is 1. The van der Waals surface area contributed by atoms with Crippen LogP contribution in [0.5, 0.6) is 0 Å². The Morgan fingerprint density at radius 3 is 2.90 bits per heavy atom. The monoisotopic (exact) mass is 289 g/mol. The second-order valence-electron chi connectivity index (χ2n) is 4.22. The molecule has 0 aliphatic carbocycles. The standard InChI is InChI=1S/C13H15N5OS/c14-13(20)10-4-1-2-5-11(10)17-12(19)6-3-7-18-9-15-8-16-18/h1-2,4-5,8-9H,3,6-7H2,(H2,14,20)(H,17,19). The summed E-state index contributed by atoms with van der Waals surface area (Å²) >= 11 is 4.95. The van der Waals surface area contributed by atoms with Gasteiger partial charge in [-0.3, -0.25) is 9.48 Å². The van der Waals surface area contributed by atoms with Crippen molar-refractivity contribution in [2.24, 2.45) is 5.73 Å². The van der Waals surface area contributed by atoms with Crippen molar-refractivity contribution in [3.8, 4) is 0 Å². The molecule has 7 heteroatoms. The van der Waals surface area contributed by atoms with Gasteiger partial charge >= 0.3 is 0 Å². The van der Waals surface area contributed by atoms with Gasteiger partial charge in [0.1, 0.15) is 17.6 Å². The summed E-state index contributed by atoms with van der Waals surface area (Å²) in [5.74, 6) is -0.0752. The molecule has 0 aliphatic rings. The Morgan fingerprint density at radius 1 is 1.40 bits per heavy atom. The summed E-state index contributed by atoms with van der Waals surface area (Å²) in [5, 5.41) is 6.79. The number of amides is 1. The fourth-order valence-corrected chi connectivity index (χ4v) is 1.95. The van der Waals surface area contributed by atoms with Crippen LogP contribution in [-0.4, -0.2) is 25.7 Å². The van der Waals surface area contributed by atoms with Crippen LogP contribution in [-0.2, 0) is 11.3 Å². The molecule has 104 valence electrons. The molecule has 0 saturated heterocycles. The molecule has 0 bridgehead atoms. The fourth-order valence-electron chi connectivity index (χ4n) is 1.77. The third kappa shape index (κ3) is 3.86. The molecular weight excluding hydrogens is 274 g/mol. The molecule has 0 spiro atoms. The molecule has 2 aromatic rings. The molecule has 2 rings (SSSR count). The Labute approximate surface area is 122 Å². The lowest BCUT2D eigenvalue weighted by Crippen LogP contribution is -2.17. The highest BCUT2D eigenvalue weighted by Gasteiger charge is 2.08. The summed E-state index contributed by atoms with van der Waals surface area (Å²) in [5.41, 5.74) is 6.93. The van der Waals surface area contributed by atoms with Gasteiger partial charge in [-0.1, -0.05) is 24.4 Å². The zero-order valence-electron chi connectivity index (χ0n) is 10.8. The molecule has 3 N–H and O–H groups in total. The predicted molar refractivity (Wildman–Crippen MR) is 80.2 cm³/mol. The summed E-state index contributed by atoms with van der Waals surface area (Å²) in [4.78, 5) is 16.0. The van der Waals surface area contributed by atoms with Gasteiger partial charge in [0.15, 0.2) is 0 Å². The number of aromatic nitrogens is 3. The third-order valence-electron chi connectivity index (χ3n) is 2.72. The lowest BCUT2D eigenvalue weighted by molar-refractivity contribution is -0.116. The van der Waals surface area contributed by atoms with E-state index in [-0.39, 0.29) is 10.9 Å². The quantitative estimate of drug-likeness (QED) is 0.784. The van der Waals surface area contributed by atoms with Crippen molar-refractivity contribution in [1.82, 2.24) is 14.8 Å². The number of carbonyl (C=O) groups is 1. The molecule has 20 heavy (non-hydrogen) atoms. The molecule has 1 amide bonds. The molecule has 0 saturated carbocycles. The van der Waals surface area contributed by atoms with Gasteiger partial charge in [-0.25, -0.2) is 4.98 Å². The van der Waals surface area contributed by atoms with Crippen molar-refractivity contribution < 1.29 is 4.79 Å². The van der Waals surface area contributed by atoms with Crippen LogP contribution in [0.1, 0.15) is 18.4 Å². The molecular formula is C13H15N5OS. The Bertz CT molecular complexity index is 597. The van der Waals surface area contributed by atoms with Gasteiger partial charge < -0.3 is 11.1 Å². The van der Waals surface area contributed by atoms with Crippen molar-refractivity contribution in [3.63, 3.8) is 0 Å². The average Bonchev–Trinajstić information content (AvgIpc) is 2.92. The van der Waals surface area contributed by atoms with Gasteiger partial charge in [0, 0.05) is 18.5 Å². The van der Waals surface area contributed by atoms with Crippen LogP contribution < -0.4 is 11.1 Å². The van der Waals surface area contributed by atoms with Crippen molar-refractivity contribution >= 4 is 28.8 Å². The number of nitrogens with two attached hydrogens (primary N) is 1. The molecule has 1 heterocycles. The Kier molecular flexibility index (Phi) is 4.78. The van der Waals surface area contributed by atoms with E-state index >= 15 is 0 Å². The Hall–Kier alpha value is -2.28. The first-order valence-corrected chi connectivity index (χ1v) is 6.59. The SMILES string of the molecule is NC(=S)c1ccccc1NC(=O)CCCn1cncn1. The van der Waals surface area contributed by atoms with Crippen LogP contribution in [0.3, 0.4) is 0 Å². The highest BCUT2D eigenvalue weighted by Crippen LogP contribution is 2.15. The zero-order valence-corrected chi connectivity index (χ0v) is 11.6. The molecule has 0 unspecified atom stereocenters. The number of hydrogen-bond acceptors (Lipinski definition) is 4. The van der Waals surface area contributed by atoms with E-state index in [0.29, 0.717) is 30.6 Å². The topological polar surface area (TPSA) is 85.8 Å². The van der Waals surface area contributed by atoms with E-state index in [0.717, 1.165) is 0 Å². The van der Waals surface area contributed by atoms with Gasteiger partial charge in [0.2, 0.25) is 5.91 Å². The van der Waals surface area contributed by atoms with E-state index in [9.17, 15) is 4.79 Å². The first-order valence-electron chi connectivity index (χ1n) is 6.18. The number of anilines is 1. The Balaban J connectivity index is 1.87. The number of hydrogen-bond donors (Lipinski definition) is 2. The second-order valence-corrected chi connectivity index (χ2v) is 4.66. The molecule has 6 nitrogen and oxygen atoms in total. The predicted octanol–water partition coefficient (Wildman–Crippen LogP) is 1.33. The summed E-state index contributed by atoms with van der Waals surface area (Å²) in [6.45, 7) is 0.657.